The smallest absolute Gasteiger partial charge is 0.202 e. The Labute approximate surface area is 198 Å². The Hall–Kier alpha value is -4.15. The van der Waals surface area contributed by atoms with Gasteiger partial charge >= 0.3 is 0 Å². The van der Waals surface area contributed by atoms with Crippen LogP contribution in [0.3, 0.4) is 0 Å². The molecular weight excluding hydrogens is 460 g/mol. The van der Waals surface area contributed by atoms with E-state index in [1.54, 1.807) is 12.1 Å². The van der Waals surface area contributed by atoms with Crippen LogP contribution in [0.15, 0.2) is 42.5 Å². The van der Waals surface area contributed by atoms with Gasteiger partial charge in [0.1, 0.15) is 28.9 Å². The summed E-state index contributed by atoms with van der Waals surface area (Å²) in [5, 5.41) is 61.5. The first-order valence-electron chi connectivity index (χ1n) is 10.7. The summed E-state index contributed by atoms with van der Waals surface area (Å²) >= 11 is 0. The number of methoxy groups -OCH3 is 1. The lowest BCUT2D eigenvalue weighted by molar-refractivity contribution is 0.0206. The number of Topliss-reactive ketones (excluding diaryl/α,β-unsaturated/α-hetero) is 1. The van der Waals surface area contributed by atoms with Crippen LogP contribution in [0, 0.1) is 0 Å². The van der Waals surface area contributed by atoms with Crippen molar-refractivity contribution < 1.29 is 49.6 Å². The Balaban J connectivity index is 1.61. The normalized spacial score (nSPS) is 22.7. The minimum Gasteiger partial charge on any atom is -0.508 e. The third-order valence-electron chi connectivity index (χ3n) is 6.35. The quantitative estimate of drug-likeness (QED) is 0.325. The van der Waals surface area contributed by atoms with E-state index in [2.05, 4.69) is 0 Å². The van der Waals surface area contributed by atoms with Crippen LogP contribution in [-0.2, 0) is 0 Å². The Kier molecular flexibility index (Phi) is 5.34. The highest BCUT2D eigenvalue weighted by molar-refractivity contribution is 6.05. The molecule has 0 fully saturated rings. The fourth-order valence-electron chi connectivity index (χ4n) is 4.72. The molecule has 10 heteroatoms. The van der Waals surface area contributed by atoms with Crippen LogP contribution in [-0.4, -0.2) is 56.2 Å². The van der Waals surface area contributed by atoms with Crippen molar-refractivity contribution in [1.82, 2.24) is 0 Å². The number of rotatable bonds is 4. The summed E-state index contributed by atoms with van der Waals surface area (Å²) < 4.78 is 17.0. The molecule has 0 amide bonds. The Morgan fingerprint density at radius 2 is 1.66 bits per heavy atom. The molecule has 2 aliphatic heterocycles. The van der Waals surface area contributed by atoms with Gasteiger partial charge < -0.3 is 44.8 Å². The maximum absolute atomic E-state index is 12.9. The van der Waals surface area contributed by atoms with Crippen LogP contribution in [0.2, 0.25) is 0 Å². The molecule has 2 aliphatic rings. The average molecular weight is 482 g/mol. The van der Waals surface area contributed by atoms with Crippen molar-refractivity contribution in [2.45, 2.75) is 24.2 Å². The summed E-state index contributed by atoms with van der Waals surface area (Å²) in [7, 11) is 1.39. The largest absolute Gasteiger partial charge is 0.508 e. The van der Waals surface area contributed by atoms with Crippen LogP contribution in [0.4, 0.5) is 0 Å². The van der Waals surface area contributed by atoms with E-state index in [0.29, 0.717) is 11.1 Å². The van der Waals surface area contributed by atoms with Crippen LogP contribution < -0.4 is 14.2 Å². The third-order valence-corrected chi connectivity index (χ3v) is 6.35. The predicted octanol–water partition coefficient (Wildman–Crippen LogP) is 2.40. The molecule has 0 bridgehead atoms. The molecule has 4 atom stereocenters. The molecule has 0 aromatic heterocycles. The lowest BCUT2D eigenvalue weighted by atomic mass is 9.84. The second-order valence-electron chi connectivity index (χ2n) is 8.36. The second-order valence-corrected chi connectivity index (χ2v) is 8.36. The zero-order valence-electron chi connectivity index (χ0n) is 18.4. The molecule has 6 N–H and O–H groups in total. The Bertz CT molecular complexity index is 1330. The summed E-state index contributed by atoms with van der Waals surface area (Å²) in [6.45, 7) is -0.424. The molecule has 0 saturated heterocycles. The number of phenols is 4. The number of benzene rings is 3. The maximum atomic E-state index is 12.9. The molecular formula is C25H22O10. The fraction of sp³-hybridized carbons (Fsp3) is 0.240. The molecule has 35 heavy (non-hydrogen) atoms. The number of ether oxygens (including phenoxy) is 3. The fourth-order valence-corrected chi connectivity index (χ4v) is 4.72. The first-order valence-corrected chi connectivity index (χ1v) is 10.7. The highest BCUT2D eigenvalue weighted by atomic mass is 16.5. The molecule has 3 aromatic rings. The zero-order chi connectivity index (χ0) is 25.0. The van der Waals surface area contributed by atoms with E-state index < -0.39 is 42.4 Å². The molecule has 0 aliphatic carbocycles. The average Bonchev–Trinajstić information content (AvgIpc) is 3.22. The van der Waals surface area contributed by atoms with E-state index in [1.807, 2.05) is 0 Å². The Morgan fingerprint density at radius 1 is 0.914 bits per heavy atom. The van der Waals surface area contributed by atoms with Crippen molar-refractivity contribution in [3.05, 3.63) is 64.7 Å². The second kappa shape index (κ2) is 8.26. The number of carbonyl (C=O) groups excluding carboxylic acids is 1. The van der Waals surface area contributed by atoms with Gasteiger partial charge in [0.05, 0.1) is 19.6 Å². The minimum atomic E-state index is -1.72. The first kappa shape index (κ1) is 22.6. The van der Waals surface area contributed by atoms with Gasteiger partial charge in [0.25, 0.3) is 0 Å². The third kappa shape index (κ3) is 3.46. The summed E-state index contributed by atoms with van der Waals surface area (Å²) in [5.74, 6) is -2.61. The molecule has 0 radical (unpaired) electrons. The van der Waals surface area contributed by atoms with Crippen molar-refractivity contribution in [1.29, 1.82) is 0 Å². The number of phenolic OH excluding ortho intramolecular Hbond substituents is 4. The van der Waals surface area contributed by atoms with Gasteiger partial charge in [-0.2, -0.15) is 0 Å². The Morgan fingerprint density at radius 3 is 2.37 bits per heavy atom. The highest BCUT2D eigenvalue weighted by Crippen LogP contribution is 2.54. The molecule has 182 valence electrons. The van der Waals surface area contributed by atoms with Crippen LogP contribution in [0.25, 0.3) is 0 Å². The van der Waals surface area contributed by atoms with Crippen LogP contribution in [0.1, 0.15) is 45.2 Å². The van der Waals surface area contributed by atoms with Gasteiger partial charge in [0.2, 0.25) is 5.78 Å². The monoisotopic (exact) mass is 482 g/mol. The molecule has 10 nitrogen and oxygen atoms in total. The van der Waals surface area contributed by atoms with E-state index in [-0.39, 0.29) is 45.6 Å². The van der Waals surface area contributed by atoms with E-state index in [4.69, 9.17) is 14.2 Å². The van der Waals surface area contributed by atoms with Crippen molar-refractivity contribution >= 4 is 5.78 Å². The van der Waals surface area contributed by atoms with Crippen molar-refractivity contribution in [3.63, 3.8) is 0 Å². The van der Waals surface area contributed by atoms with Gasteiger partial charge in [-0.15, -0.1) is 0 Å². The summed E-state index contributed by atoms with van der Waals surface area (Å²) in [5.41, 5.74) is 0.890. The standard InChI is InChI=1S/C25H22O10/c1-33-17-6-10(2-4-14(17)28)23-13(9-26)19-12(3-5-15(29)25(19)35-23)24-22(32)21(31)20-16(30)7-11(27)8-18(20)34-24/h2-8,13,22-24,26-30,32H,9H2,1H3/t13?,22-,23?,24+/m0/s1. The van der Waals surface area contributed by atoms with Gasteiger partial charge in [0, 0.05) is 23.3 Å². The SMILES string of the molecule is COc1cc(C2Oc3c(O)ccc([C@H]4Oc5cc(O)cc(O)c5C(=O)[C@@H]4O)c3C2CO)ccc1O. The van der Waals surface area contributed by atoms with E-state index in [9.17, 15) is 35.4 Å². The first-order chi connectivity index (χ1) is 16.7. The summed E-state index contributed by atoms with van der Waals surface area (Å²) in [6.07, 6.45) is -3.80. The van der Waals surface area contributed by atoms with Gasteiger partial charge in [-0.05, 0) is 23.8 Å². The molecule has 0 saturated carbocycles. The number of aliphatic hydroxyl groups excluding tert-OH is 2. The number of ketones is 1. The lowest BCUT2D eigenvalue weighted by Gasteiger charge is -2.31. The van der Waals surface area contributed by atoms with E-state index >= 15 is 0 Å². The van der Waals surface area contributed by atoms with Crippen LogP contribution in [0.5, 0.6) is 40.2 Å². The van der Waals surface area contributed by atoms with Crippen molar-refractivity contribution in [3.8, 4) is 40.2 Å². The number of fused-ring (bicyclic) bond motifs is 2. The van der Waals surface area contributed by atoms with Gasteiger partial charge in [-0.3, -0.25) is 4.79 Å². The topological polar surface area (TPSA) is 166 Å². The van der Waals surface area contributed by atoms with Gasteiger partial charge in [-0.25, -0.2) is 0 Å². The molecule has 2 unspecified atom stereocenters. The number of aliphatic hydroxyl groups is 2. The van der Waals surface area contributed by atoms with Gasteiger partial charge in [0.15, 0.2) is 35.2 Å². The number of hydrogen-bond acceptors (Lipinski definition) is 10. The number of aromatic hydroxyl groups is 4. The maximum Gasteiger partial charge on any atom is 0.202 e. The van der Waals surface area contributed by atoms with E-state index in [0.717, 1.165) is 12.1 Å². The van der Waals surface area contributed by atoms with E-state index in [1.165, 1.54) is 25.3 Å². The zero-order valence-corrected chi connectivity index (χ0v) is 18.4. The number of hydrogen-bond donors (Lipinski definition) is 6. The molecule has 0 spiro atoms. The van der Waals surface area contributed by atoms with Crippen molar-refractivity contribution in [2.24, 2.45) is 0 Å². The van der Waals surface area contributed by atoms with Crippen LogP contribution >= 0.6 is 0 Å². The molecule has 5 rings (SSSR count). The molecule has 2 heterocycles. The predicted molar refractivity (Wildman–Crippen MR) is 119 cm³/mol. The molecule has 3 aromatic carbocycles. The lowest BCUT2D eigenvalue weighted by Crippen LogP contribution is -2.37. The highest BCUT2D eigenvalue weighted by Gasteiger charge is 2.45. The van der Waals surface area contributed by atoms with Crippen molar-refractivity contribution in [2.75, 3.05) is 13.7 Å². The minimum absolute atomic E-state index is 0.0476. The summed E-state index contributed by atoms with van der Waals surface area (Å²) in [4.78, 5) is 12.9. The number of carbonyl (C=O) groups is 1. The summed E-state index contributed by atoms with van der Waals surface area (Å²) in [6, 6.07) is 9.44. The van der Waals surface area contributed by atoms with Gasteiger partial charge in [-0.1, -0.05) is 12.1 Å².